The van der Waals surface area contributed by atoms with Crippen LogP contribution in [0.3, 0.4) is 0 Å². The molecule has 0 aromatic carbocycles. The van der Waals surface area contributed by atoms with Crippen LogP contribution < -0.4 is 10.2 Å². The number of hydrogen-bond acceptors (Lipinski definition) is 2. The van der Waals surface area contributed by atoms with Crippen molar-refractivity contribution in [2.75, 3.05) is 13.1 Å². The van der Waals surface area contributed by atoms with E-state index in [9.17, 15) is 10.2 Å². The number of hydrogen-bond donors (Lipinski definition) is 0. The fourth-order valence-electron chi connectivity index (χ4n) is 4.80. The fraction of sp³-hybridized carbons (Fsp3) is 1.00. The Hall–Kier alpha value is 1.41. The molecule has 6 unspecified atom stereocenters. The molecule has 2 aliphatic heterocycles. The molecule has 0 spiro atoms. The van der Waals surface area contributed by atoms with Gasteiger partial charge in [-0.1, -0.05) is 76.0 Å². The summed E-state index contributed by atoms with van der Waals surface area (Å²) in [6.07, 6.45) is 10.7. The van der Waals surface area contributed by atoms with Crippen molar-refractivity contribution >= 4 is 48.9 Å². The van der Waals surface area contributed by atoms with Crippen LogP contribution in [0.4, 0.5) is 0 Å². The summed E-state index contributed by atoms with van der Waals surface area (Å²) in [6.45, 7) is 1.89. The Kier molecular flexibility index (Phi) is 9.49. The Morgan fingerprint density at radius 3 is 1.35 bits per heavy atom. The Labute approximate surface area is 181 Å². The van der Waals surface area contributed by atoms with Crippen LogP contribution >= 0.6 is 0 Å². The van der Waals surface area contributed by atoms with Gasteiger partial charge >= 0.3 is 48.9 Å². The summed E-state index contributed by atoms with van der Waals surface area (Å²) in [5.74, 6) is 1.31. The van der Waals surface area contributed by atoms with E-state index in [0.717, 1.165) is 38.8 Å². The molecule has 2 saturated heterocycles. The molecule has 0 radical (unpaired) electrons. The van der Waals surface area contributed by atoms with Gasteiger partial charge in [0.1, 0.15) is 0 Å². The van der Waals surface area contributed by atoms with E-state index in [4.69, 9.17) is 0 Å². The van der Waals surface area contributed by atoms with E-state index in [0.29, 0.717) is 11.8 Å². The van der Waals surface area contributed by atoms with Crippen molar-refractivity contribution in [1.82, 2.24) is 0 Å². The van der Waals surface area contributed by atoms with Crippen LogP contribution in [-0.4, -0.2) is 86.3 Å². The van der Waals surface area contributed by atoms with Gasteiger partial charge in [-0.3, -0.25) is 0 Å². The molecule has 0 amide bonds. The summed E-state index contributed by atoms with van der Waals surface area (Å²) in [7, 11) is 0. The van der Waals surface area contributed by atoms with Gasteiger partial charge in [0.15, 0.2) is 0 Å². The first kappa shape index (κ1) is 20.7. The van der Waals surface area contributed by atoms with Gasteiger partial charge in [0.25, 0.3) is 0 Å². The third kappa shape index (κ3) is 5.70. The topological polar surface area (TPSA) is 74.3 Å². The normalized spacial score (nSPS) is 43.0. The van der Waals surface area contributed by atoms with Gasteiger partial charge in [-0.2, -0.15) is 0 Å². The maximum atomic E-state index is 11.4. The van der Waals surface area contributed by atoms with Crippen LogP contribution in [0.15, 0.2) is 0 Å². The van der Waals surface area contributed by atoms with E-state index in [1.807, 2.05) is 0 Å². The van der Waals surface area contributed by atoms with Gasteiger partial charge in [0, 0.05) is 0 Å². The zero-order chi connectivity index (χ0) is 15.4. The van der Waals surface area contributed by atoms with Crippen LogP contribution in [0.1, 0.15) is 64.2 Å². The second-order valence-corrected chi connectivity index (χ2v) is 7.54. The van der Waals surface area contributed by atoms with E-state index >= 15 is 0 Å². The molecule has 2 aliphatic carbocycles. The van der Waals surface area contributed by atoms with Gasteiger partial charge in [0.05, 0.1) is 0 Å². The average Bonchev–Trinajstić information content (AvgIpc) is 2.57. The van der Waals surface area contributed by atoms with Crippen molar-refractivity contribution < 1.29 is 10.2 Å². The van der Waals surface area contributed by atoms with Crippen LogP contribution in [0.2, 0.25) is 0 Å². The summed E-state index contributed by atoms with van der Waals surface area (Å²) in [6, 6.07) is 0.384. The Bertz CT molecular complexity index is 309. The summed E-state index contributed by atoms with van der Waals surface area (Å²) in [4.78, 5) is 0. The van der Waals surface area contributed by atoms with Crippen molar-refractivity contribution in [1.29, 1.82) is 0 Å². The fourth-order valence-corrected chi connectivity index (χ4v) is 4.80. The van der Waals surface area contributed by atoms with Crippen molar-refractivity contribution in [2.24, 2.45) is 11.8 Å². The predicted molar refractivity (Wildman–Crippen MR) is 90.5 cm³/mol. The van der Waals surface area contributed by atoms with Gasteiger partial charge in [-0.25, -0.2) is 0 Å². The first-order valence-electron chi connectivity index (χ1n) is 9.40. The molecule has 0 bridgehead atoms. The molecule has 4 nitrogen and oxygen atoms in total. The quantitative estimate of drug-likeness (QED) is 0.535. The van der Waals surface area contributed by atoms with Crippen LogP contribution in [0.25, 0.3) is 10.6 Å². The summed E-state index contributed by atoms with van der Waals surface area (Å²) >= 11 is 0. The van der Waals surface area contributed by atoms with Gasteiger partial charge in [-0.05, 0) is 0 Å². The maximum Gasteiger partial charge on any atom is 2.00 e. The van der Waals surface area contributed by atoms with Crippen molar-refractivity contribution in [3.63, 3.8) is 0 Å². The average molecular weight is 444 g/mol. The van der Waals surface area contributed by atoms with Crippen LogP contribution in [0.5, 0.6) is 0 Å². The van der Waals surface area contributed by atoms with Crippen molar-refractivity contribution in [3.05, 3.63) is 10.6 Å². The van der Waals surface area contributed by atoms with Crippen molar-refractivity contribution in [3.8, 4) is 0 Å². The van der Waals surface area contributed by atoms with E-state index < -0.39 is 0 Å². The molecule has 5 heteroatoms. The van der Waals surface area contributed by atoms with E-state index in [-0.39, 0.29) is 73.2 Å². The molecule has 4 aliphatic rings. The van der Waals surface area contributed by atoms with Crippen molar-refractivity contribution in [2.45, 2.75) is 88.5 Å². The summed E-state index contributed by atoms with van der Waals surface area (Å²) in [5, 5.41) is 31.7. The minimum atomic E-state index is -0.367. The third-order valence-electron chi connectivity index (χ3n) is 6.00. The minimum Gasteiger partial charge on any atom is -0.853 e. The maximum absolute atomic E-state index is 11.4. The number of nitrogens with zero attached hydrogens (tertiary/aromatic N) is 2. The minimum absolute atomic E-state index is 0. The molecule has 0 aromatic heterocycles. The van der Waals surface area contributed by atoms with E-state index in [1.165, 1.54) is 38.5 Å². The SMILES string of the molecule is [Ba+2].[O-]C1CCCC2CCC[N-]C12.[O-]C1CCCC2CCC[N-]C12. The molecule has 4 rings (SSSR count). The first-order chi connectivity index (χ1) is 10.8. The third-order valence-corrected chi connectivity index (χ3v) is 6.00. The van der Waals surface area contributed by atoms with E-state index in [2.05, 4.69) is 10.6 Å². The molecule has 6 atom stereocenters. The second-order valence-electron chi connectivity index (χ2n) is 7.54. The molecule has 2 heterocycles. The molecule has 128 valence electrons. The number of piperidine rings is 2. The summed E-state index contributed by atoms with van der Waals surface area (Å²) in [5.41, 5.74) is 0. The van der Waals surface area contributed by atoms with Gasteiger partial charge in [-0.15, -0.1) is 37.4 Å². The largest absolute Gasteiger partial charge is 2.00 e. The molecular formula is C18H30BaN2O2-2. The Balaban J connectivity index is 0.000000160. The first-order valence-corrected chi connectivity index (χ1v) is 9.40. The zero-order valence-corrected chi connectivity index (χ0v) is 18.8. The number of fused-ring (bicyclic) bond motifs is 2. The molecule has 0 aromatic rings. The van der Waals surface area contributed by atoms with Gasteiger partial charge in [0.2, 0.25) is 0 Å². The number of rotatable bonds is 0. The van der Waals surface area contributed by atoms with Crippen LogP contribution in [-0.2, 0) is 0 Å². The van der Waals surface area contributed by atoms with Crippen LogP contribution in [0, 0.1) is 11.8 Å². The summed E-state index contributed by atoms with van der Waals surface area (Å²) < 4.78 is 0. The monoisotopic (exact) mass is 444 g/mol. The molecular weight excluding hydrogens is 414 g/mol. The Morgan fingerprint density at radius 1 is 0.565 bits per heavy atom. The molecule has 4 fully saturated rings. The van der Waals surface area contributed by atoms with Gasteiger partial charge < -0.3 is 20.8 Å². The zero-order valence-electron chi connectivity index (χ0n) is 14.4. The smallest absolute Gasteiger partial charge is 0.853 e. The second kappa shape index (κ2) is 10.5. The molecule has 0 N–H and O–H groups in total. The predicted octanol–water partition coefficient (Wildman–Crippen LogP) is 1.72. The standard InChI is InChI=1S/2C9H15NO.Ba/c2*11-8-5-1-3-7-4-2-6-10-9(7)8;/h2*7-9H,1-6H2;/q2*-2;+2. The Morgan fingerprint density at radius 2 is 0.957 bits per heavy atom. The van der Waals surface area contributed by atoms with E-state index in [1.54, 1.807) is 0 Å². The molecule has 23 heavy (non-hydrogen) atoms. The molecule has 2 saturated carbocycles.